The summed E-state index contributed by atoms with van der Waals surface area (Å²) in [7, 11) is 0. The van der Waals surface area contributed by atoms with Crippen LogP contribution < -0.4 is 0 Å². The van der Waals surface area contributed by atoms with Gasteiger partial charge in [-0.2, -0.15) is 0 Å². The summed E-state index contributed by atoms with van der Waals surface area (Å²) in [5.74, 6) is 0. The fourth-order valence-electron chi connectivity index (χ4n) is 3.13. The topological polar surface area (TPSA) is 0 Å². The second kappa shape index (κ2) is 3.10. The standard InChI is InChI=1S/C16H18/c1-9-7-13-8-10(2)12(4)15-6-5-14(11(9)3)16(13)15/h7-8H,5-6H2,1-4H3. The SMILES string of the molecule is Cc1cc2cc(C)c(C)c3c2c(c1C)CC3. The van der Waals surface area contributed by atoms with Crippen molar-refractivity contribution < 1.29 is 0 Å². The monoisotopic (exact) mass is 210 g/mol. The van der Waals surface area contributed by atoms with Crippen molar-refractivity contribution in [1.82, 2.24) is 0 Å². The van der Waals surface area contributed by atoms with Crippen LogP contribution in [0.3, 0.4) is 0 Å². The molecule has 2 aromatic carbocycles. The average Bonchev–Trinajstić information content (AvgIpc) is 2.68. The second-order valence-corrected chi connectivity index (χ2v) is 5.19. The van der Waals surface area contributed by atoms with Crippen LogP contribution in [0.4, 0.5) is 0 Å². The molecule has 0 radical (unpaired) electrons. The third-order valence-electron chi connectivity index (χ3n) is 4.35. The molecule has 0 aliphatic heterocycles. The molecule has 0 fully saturated rings. The van der Waals surface area contributed by atoms with Gasteiger partial charge in [0.25, 0.3) is 0 Å². The molecule has 0 atom stereocenters. The lowest BCUT2D eigenvalue weighted by molar-refractivity contribution is 0.998. The van der Waals surface area contributed by atoms with Crippen LogP contribution in [-0.4, -0.2) is 0 Å². The Kier molecular flexibility index (Phi) is 1.92. The Morgan fingerprint density at radius 2 is 1.19 bits per heavy atom. The smallest absolute Gasteiger partial charge is 0.0114 e. The quantitative estimate of drug-likeness (QED) is 0.612. The molecule has 82 valence electrons. The van der Waals surface area contributed by atoms with Gasteiger partial charge in [-0.05, 0) is 84.7 Å². The van der Waals surface area contributed by atoms with Gasteiger partial charge in [0.05, 0.1) is 0 Å². The van der Waals surface area contributed by atoms with Gasteiger partial charge in [0, 0.05) is 0 Å². The third-order valence-corrected chi connectivity index (χ3v) is 4.35. The van der Waals surface area contributed by atoms with Crippen LogP contribution in [0.5, 0.6) is 0 Å². The first kappa shape index (κ1) is 9.89. The minimum atomic E-state index is 1.24. The van der Waals surface area contributed by atoms with Crippen molar-refractivity contribution in [2.45, 2.75) is 40.5 Å². The summed E-state index contributed by atoms with van der Waals surface area (Å²) in [5.41, 5.74) is 9.11. The zero-order valence-electron chi connectivity index (χ0n) is 10.6. The first-order valence-corrected chi connectivity index (χ1v) is 6.11. The summed E-state index contributed by atoms with van der Waals surface area (Å²) < 4.78 is 0. The van der Waals surface area contributed by atoms with Crippen LogP contribution in [0.2, 0.25) is 0 Å². The molecule has 0 saturated carbocycles. The van der Waals surface area contributed by atoms with E-state index in [9.17, 15) is 0 Å². The lowest BCUT2D eigenvalue weighted by Gasteiger charge is -2.12. The largest absolute Gasteiger partial charge is 0.0511 e. The van der Waals surface area contributed by atoms with E-state index in [4.69, 9.17) is 0 Å². The van der Waals surface area contributed by atoms with Crippen molar-refractivity contribution in [2.75, 3.05) is 0 Å². The van der Waals surface area contributed by atoms with Gasteiger partial charge in [-0.3, -0.25) is 0 Å². The highest BCUT2D eigenvalue weighted by Crippen LogP contribution is 2.37. The minimum absolute atomic E-state index is 1.24. The summed E-state index contributed by atoms with van der Waals surface area (Å²) in [5, 5.41) is 3.01. The van der Waals surface area contributed by atoms with Gasteiger partial charge in [0.2, 0.25) is 0 Å². The summed E-state index contributed by atoms with van der Waals surface area (Å²) in [6.45, 7) is 9.01. The van der Waals surface area contributed by atoms with E-state index < -0.39 is 0 Å². The molecule has 0 N–H and O–H groups in total. The van der Waals surface area contributed by atoms with Crippen LogP contribution in [0, 0.1) is 27.7 Å². The van der Waals surface area contributed by atoms with E-state index in [2.05, 4.69) is 39.8 Å². The van der Waals surface area contributed by atoms with Gasteiger partial charge in [-0.25, -0.2) is 0 Å². The van der Waals surface area contributed by atoms with Crippen molar-refractivity contribution in [2.24, 2.45) is 0 Å². The van der Waals surface area contributed by atoms with Gasteiger partial charge in [-0.1, -0.05) is 12.1 Å². The summed E-state index contributed by atoms with van der Waals surface area (Å²) in [4.78, 5) is 0. The van der Waals surface area contributed by atoms with Crippen LogP contribution in [0.15, 0.2) is 12.1 Å². The number of aryl methyl sites for hydroxylation is 4. The fraction of sp³-hybridized carbons (Fsp3) is 0.375. The molecule has 1 aliphatic carbocycles. The van der Waals surface area contributed by atoms with E-state index in [-0.39, 0.29) is 0 Å². The molecule has 0 unspecified atom stereocenters. The first-order valence-electron chi connectivity index (χ1n) is 6.11. The van der Waals surface area contributed by atoms with Crippen molar-refractivity contribution in [3.8, 4) is 0 Å². The fourth-order valence-corrected chi connectivity index (χ4v) is 3.13. The van der Waals surface area contributed by atoms with Gasteiger partial charge in [0.15, 0.2) is 0 Å². The lowest BCUT2D eigenvalue weighted by Crippen LogP contribution is -1.92. The molecule has 3 rings (SSSR count). The molecule has 0 amide bonds. The van der Waals surface area contributed by atoms with Gasteiger partial charge in [0.1, 0.15) is 0 Å². The molecular weight excluding hydrogens is 192 g/mol. The van der Waals surface area contributed by atoms with Crippen molar-refractivity contribution >= 4 is 10.8 Å². The van der Waals surface area contributed by atoms with E-state index in [1.54, 1.807) is 16.5 Å². The number of benzene rings is 2. The highest BCUT2D eigenvalue weighted by Gasteiger charge is 2.20. The van der Waals surface area contributed by atoms with E-state index in [0.29, 0.717) is 0 Å². The maximum atomic E-state index is 2.36. The molecular formula is C16H18. The highest BCUT2D eigenvalue weighted by atomic mass is 14.2. The zero-order valence-corrected chi connectivity index (χ0v) is 10.6. The van der Waals surface area contributed by atoms with E-state index >= 15 is 0 Å². The maximum Gasteiger partial charge on any atom is -0.0114 e. The Balaban J connectivity index is 2.55. The molecule has 0 aromatic heterocycles. The summed E-state index contributed by atoms with van der Waals surface area (Å²) in [6, 6.07) is 4.71. The molecule has 0 bridgehead atoms. The molecule has 16 heavy (non-hydrogen) atoms. The van der Waals surface area contributed by atoms with Gasteiger partial charge in [-0.15, -0.1) is 0 Å². The first-order chi connectivity index (χ1) is 7.59. The van der Waals surface area contributed by atoms with Crippen LogP contribution in [-0.2, 0) is 12.8 Å². The second-order valence-electron chi connectivity index (χ2n) is 5.19. The Labute approximate surface area is 97.3 Å². The predicted molar refractivity (Wildman–Crippen MR) is 70.3 cm³/mol. The van der Waals surface area contributed by atoms with Crippen LogP contribution in [0.1, 0.15) is 33.4 Å². The number of hydrogen-bond acceptors (Lipinski definition) is 0. The van der Waals surface area contributed by atoms with Gasteiger partial charge < -0.3 is 0 Å². The van der Waals surface area contributed by atoms with Crippen molar-refractivity contribution in [1.29, 1.82) is 0 Å². The minimum Gasteiger partial charge on any atom is -0.0511 e. The highest BCUT2D eigenvalue weighted by molar-refractivity contribution is 5.94. The summed E-state index contributed by atoms with van der Waals surface area (Å²) in [6.07, 6.45) is 2.48. The third kappa shape index (κ3) is 1.10. The zero-order chi connectivity index (χ0) is 11.4. The Morgan fingerprint density at radius 1 is 0.750 bits per heavy atom. The predicted octanol–water partition coefficient (Wildman–Crippen LogP) is 4.17. The Morgan fingerprint density at radius 3 is 1.62 bits per heavy atom. The van der Waals surface area contributed by atoms with E-state index in [1.165, 1.54) is 40.5 Å². The average molecular weight is 210 g/mol. The van der Waals surface area contributed by atoms with Gasteiger partial charge >= 0.3 is 0 Å². The Hall–Kier alpha value is -1.30. The number of rotatable bonds is 0. The Bertz CT molecular complexity index is 553. The molecule has 0 nitrogen and oxygen atoms in total. The molecule has 1 aliphatic rings. The summed E-state index contributed by atoms with van der Waals surface area (Å²) >= 11 is 0. The maximum absolute atomic E-state index is 2.36. The van der Waals surface area contributed by atoms with Crippen molar-refractivity contribution in [3.05, 3.63) is 45.5 Å². The molecule has 2 aromatic rings. The van der Waals surface area contributed by atoms with Crippen LogP contribution in [0.25, 0.3) is 10.8 Å². The van der Waals surface area contributed by atoms with E-state index in [1.807, 2.05) is 0 Å². The number of hydrogen-bond donors (Lipinski definition) is 0. The molecule has 0 heteroatoms. The van der Waals surface area contributed by atoms with Crippen LogP contribution >= 0.6 is 0 Å². The van der Waals surface area contributed by atoms with E-state index in [0.717, 1.165) is 0 Å². The molecule has 0 saturated heterocycles. The molecule has 0 spiro atoms. The normalized spacial score (nSPS) is 13.8. The molecule has 0 heterocycles. The van der Waals surface area contributed by atoms with Crippen molar-refractivity contribution in [3.63, 3.8) is 0 Å². The lowest BCUT2D eigenvalue weighted by atomic mass is 9.93.